The fourth-order valence-electron chi connectivity index (χ4n) is 2.64. The molecule has 0 radical (unpaired) electrons. The molecule has 1 amide bonds. The smallest absolute Gasteiger partial charge is 0.411 e. The van der Waals surface area contributed by atoms with Gasteiger partial charge in [-0.25, -0.2) is 9.59 Å². The number of likely N-dealkylation sites (tertiary alicyclic amines) is 1. The Balaban J connectivity index is 2.10. The number of alkyl halides is 3. The summed E-state index contributed by atoms with van der Waals surface area (Å²) in [5, 5.41) is 0. The molecule has 1 aromatic carbocycles. The van der Waals surface area contributed by atoms with Gasteiger partial charge in [0.25, 0.3) is 0 Å². The molecule has 0 N–H and O–H groups in total. The molecule has 8 heteroatoms. The molecule has 0 unspecified atom stereocenters. The highest BCUT2D eigenvalue weighted by atomic mass is 19.4. The van der Waals surface area contributed by atoms with Crippen molar-refractivity contribution in [2.75, 3.05) is 6.54 Å². The first-order valence-corrected chi connectivity index (χ1v) is 8.24. The first kappa shape index (κ1) is 20.1. The molecule has 1 heterocycles. The van der Waals surface area contributed by atoms with Crippen molar-refractivity contribution < 1.29 is 32.2 Å². The lowest BCUT2D eigenvalue weighted by molar-refractivity contribution is -0.170. The largest absolute Gasteiger partial charge is 0.459 e. The Morgan fingerprint density at radius 3 is 2.31 bits per heavy atom. The average molecular weight is 373 g/mol. The van der Waals surface area contributed by atoms with E-state index in [1.807, 2.05) is 0 Å². The van der Waals surface area contributed by atoms with Gasteiger partial charge in [-0.2, -0.15) is 13.2 Å². The summed E-state index contributed by atoms with van der Waals surface area (Å²) >= 11 is 0. The van der Waals surface area contributed by atoms with Crippen molar-refractivity contribution >= 4 is 12.1 Å². The van der Waals surface area contributed by atoms with Crippen LogP contribution in [-0.4, -0.2) is 41.3 Å². The number of benzene rings is 1. The first-order valence-electron chi connectivity index (χ1n) is 8.24. The van der Waals surface area contributed by atoms with Gasteiger partial charge >= 0.3 is 18.2 Å². The molecule has 2 rings (SSSR count). The van der Waals surface area contributed by atoms with Gasteiger partial charge < -0.3 is 9.47 Å². The fourth-order valence-corrected chi connectivity index (χ4v) is 2.64. The maximum Gasteiger partial charge on any atom is 0.411 e. The van der Waals surface area contributed by atoms with E-state index in [2.05, 4.69) is 0 Å². The Kier molecular flexibility index (Phi) is 5.83. The molecular formula is C18H22F3NO4. The number of halogens is 3. The maximum absolute atomic E-state index is 13.1. The highest BCUT2D eigenvalue weighted by Gasteiger charge is 2.52. The van der Waals surface area contributed by atoms with E-state index in [1.165, 1.54) is 0 Å². The van der Waals surface area contributed by atoms with Gasteiger partial charge in [-0.15, -0.1) is 0 Å². The number of rotatable bonds is 3. The van der Waals surface area contributed by atoms with Crippen LogP contribution in [0.1, 0.15) is 32.8 Å². The third-order valence-electron chi connectivity index (χ3n) is 3.89. The number of esters is 1. The van der Waals surface area contributed by atoms with E-state index in [0.717, 1.165) is 4.90 Å². The van der Waals surface area contributed by atoms with Crippen LogP contribution in [0, 0.1) is 5.92 Å². The summed E-state index contributed by atoms with van der Waals surface area (Å²) in [7, 11) is 0. The molecule has 0 aliphatic carbocycles. The summed E-state index contributed by atoms with van der Waals surface area (Å²) in [6.07, 6.45) is -5.99. The molecule has 0 saturated carbocycles. The highest BCUT2D eigenvalue weighted by Crippen LogP contribution is 2.37. The predicted molar refractivity (Wildman–Crippen MR) is 87.1 cm³/mol. The number of carbonyl (C=O) groups excluding carboxylic acids is 2. The van der Waals surface area contributed by atoms with Crippen molar-refractivity contribution in [3.05, 3.63) is 35.9 Å². The Labute approximate surface area is 150 Å². The van der Waals surface area contributed by atoms with Crippen molar-refractivity contribution in [3.63, 3.8) is 0 Å². The zero-order valence-corrected chi connectivity index (χ0v) is 14.9. The van der Waals surface area contributed by atoms with E-state index in [9.17, 15) is 22.8 Å². The zero-order chi connectivity index (χ0) is 19.5. The van der Waals surface area contributed by atoms with E-state index in [0.29, 0.717) is 5.56 Å². The summed E-state index contributed by atoms with van der Waals surface area (Å²) in [6.45, 7) is 4.11. The quantitative estimate of drug-likeness (QED) is 0.754. The van der Waals surface area contributed by atoms with Crippen LogP contribution in [0.2, 0.25) is 0 Å². The van der Waals surface area contributed by atoms with Crippen LogP contribution in [0.15, 0.2) is 30.3 Å². The first-order chi connectivity index (χ1) is 12.0. The number of nitrogens with zero attached hydrogens (tertiary/aromatic N) is 1. The Morgan fingerprint density at radius 2 is 1.77 bits per heavy atom. The van der Waals surface area contributed by atoms with Gasteiger partial charge in [0.1, 0.15) is 18.2 Å². The number of hydrogen-bond donors (Lipinski definition) is 0. The maximum atomic E-state index is 13.1. The summed E-state index contributed by atoms with van der Waals surface area (Å²) < 4.78 is 49.5. The zero-order valence-electron chi connectivity index (χ0n) is 14.9. The minimum absolute atomic E-state index is 0.0744. The third-order valence-corrected chi connectivity index (χ3v) is 3.89. The summed E-state index contributed by atoms with van der Waals surface area (Å²) in [5.74, 6) is -2.66. The van der Waals surface area contributed by atoms with Gasteiger partial charge in [0.15, 0.2) is 0 Å². The molecule has 1 aliphatic rings. The molecule has 144 valence electrons. The number of carbonyl (C=O) groups is 2. The van der Waals surface area contributed by atoms with Crippen molar-refractivity contribution in [1.29, 1.82) is 0 Å². The van der Waals surface area contributed by atoms with Crippen molar-refractivity contribution in [2.45, 2.75) is 51.6 Å². The molecule has 0 spiro atoms. The Hall–Kier alpha value is -2.25. The molecule has 0 bridgehead atoms. The molecule has 2 atom stereocenters. The lowest BCUT2D eigenvalue weighted by atomic mass is 10.1. The SMILES string of the molecule is CC(C)(C)OC(=O)N1C[C@H](C(F)(F)F)C[C@H]1C(=O)OCc1ccccc1. The molecule has 1 aromatic rings. The van der Waals surface area contributed by atoms with E-state index < -0.39 is 48.8 Å². The summed E-state index contributed by atoms with van der Waals surface area (Å²) in [5.41, 5.74) is -0.179. The summed E-state index contributed by atoms with van der Waals surface area (Å²) in [6, 6.07) is 7.44. The van der Waals surface area contributed by atoms with Crippen LogP contribution in [0.25, 0.3) is 0 Å². The lowest BCUT2D eigenvalue weighted by Crippen LogP contribution is -2.44. The molecule has 0 aromatic heterocycles. The second-order valence-electron chi connectivity index (χ2n) is 7.22. The van der Waals surface area contributed by atoms with E-state index in [4.69, 9.17) is 9.47 Å². The molecule has 5 nitrogen and oxygen atoms in total. The van der Waals surface area contributed by atoms with Crippen molar-refractivity contribution in [1.82, 2.24) is 4.90 Å². The number of hydrogen-bond acceptors (Lipinski definition) is 4. The Bertz CT molecular complexity index is 640. The lowest BCUT2D eigenvalue weighted by Gasteiger charge is -2.27. The van der Waals surface area contributed by atoms with Gasteiger partial charge in [-0.1, -0.05) is 30.3 Å². The molecule has 1 aliphatic heterocycles. The van der Waals surface area contributed by atoms with E-state index >= 15 is 0 Å². The normalized spacial score (nSPS) is 20.8. The second-order valence-corrected chi connectivity index (χ2v) is 7.22. The van der Waals surface area contributed by atoms with Crippen LogP contribution in [0.4, 0.5) is 18.0 Å². The van der Waals surface area contributed by atoms with Gasteiger partial charge in [-0.3, -0.25) is 4.90 Å². The number of ether oxygens (including phenoxy) is 2. The van der Waals surface area contributed by atoms with Crippen LogP contribution in [0.3, 0.4) is 0 Å². The van der Waals surface area contributed by atoms with Gasteiger partial charge in [0.2, 0.25) is 0 Å². The van der Waals surface area contributed by atoms with Gasteiger partial charge in [-0.05, 0) is 32.8 Å². The molecule has 1 fully saturated rings. The van der Waals surface area contributed by atoms with E-state index in [-0.39, 0.29) is 6.61 Å². The summed E-state index contributed by atoms with van der Waals surface area (Å²) in [4.78, 5) is 25.4. The minimum Gasteiger partial charge on any atom is -0.459 e. The second kappa shape index (κ2) is 7.55. The fraction of sp³-hybridized carbons (Fsp3) is 0.556. The van der Waals surface area contributed by atoms with Crippen molar-refractivity contribution in [3.8, 4) is 0 Å². The van der Waals surface area contributed by atoms with Crippen LogP contribution in [0.5, 0.6) is 0 Å². The monoisotopic (exact) mass is 373 g/mol. The minimum atomic E-state index is -4.51. The predicted octanol–water partition coefficient (Wildman–Crippen LogP) is 3.92. The topological polar surface area (TPSA) is 55.8 Å². The molecular weight excluding hydrogens is 351 g/mol. The van der Waals surface area contributed by atoms with Gasteiger partial charge in [0, 0.05) is 6.54 Å². The van der Waals surface area contributed by atoms with Crippen LogP contribution < -0.4 is 0 Å². The average Bonchev–Trinajstić information content (AvgIpc) is 2.98. The van der Waals surface area contributed by atoms with E-state index in [1.54, 1.807) is 51.1 Å². The van der Waals surface area contributed by atoms with Gasteiger partial charge in [0.05, 0.1) is 5.92 Å². The highest BCUT2D eigenvalue weighted by molar-refractivity contribution is 5.82. The van der Waals surface area contributed by atoms with Crippen LogP contribution >= 0.6 is 0 Å². The Morgan fingerprint density at radius 1 is 1.15 bits per heavy atom. The van der Waals surface area contributed by atoms with Crippen molar-refractivity contribution in [2.24, 2.45) is 5.92 Å². The molecule has 1 saturated heterocycles. The molecule has 26 heavy (non-hydrogen) atoms. The van der Waals surface area contributed by atoms with Crippen LogP contribution in [-0.2, 0) is 20.9 Å². The third kappa shape index (κ3) is 5.37. The standard InChI is InChI=1S/C18H22F3NO4/c1-17(2,3)26-16(24)22-10-13(18(19,20)21)9-14(22)15(23)25-11-12-7-5-4-6-8-12/h4-8,13-14H,9-11H2,1-3H3/t13-,14+/m1/s1. The number of amides is 1.